The Morgan fingerprint density at radius 2 is 2.24 bits per heavy atom. The molecule has 0 saturated carbocycles. The smallest absolute Gasteiger partial charge is 0.315 e. The second-order valence-corrected chi connectivity index (χ2v) is 4.00. The van der Waals surface area contributed by atoms with Gasteiger partial charge in [-0.3, -0.25) is 0 Å². The number of rotatable bonds is 9. The third-order valence-electron chi connectivity index (χ3n) is 2.29. The summed E-state index contributed by atoms with van der Waals surface area (Å²) in [5.74, 6) is 0.611. The van der Waals surface area contributed by atoms with Crippen molar-refractivity contribution in [1.29, 1.82) is 0 Å². The zero-order valence-corrected chi connectivity index (χ0v) is 10.8. The minimum Gasteiger partial charge on any atom is -0.407 e. The van der Waals surface area contributed by atoms with Crippen molar-refractivity contribution >= 4 is 6.01 Å². The molecule has 0 aromatic carbocycles. The summed E-state index contributed by atoms with van der Waals surface area (Å²) in [6, 6.07) is 0.730. The predicted molar refractivity (Wildman–Crippen MR) is 65.9 cm³/mol. The first-order chi connectivity index (χ1) is 8.26. The van der Waals surface area contributed by atoms with Crippen LogP contribution in [-0.4, -0.2) is 36.5 Å². The first-order valence-corrected chi connectivity index (χ1v) is 6.04. The summed E-state index contributed by atoms with van der Waals surface area (Å²) in [5, 5.41) is 14.2. The van der Waals surface area contributed by atoms with Gasteiger partial charge < -0.3 is 19.8 Å². The highest BCUT2D eigenvalue weighted by atomic mass is 16.5. The molecule has 0 fully saturated rings. The molecule has 0 spiro atoms. The highest BCUT2D eigenvalue weighted by molar-refractivity contribution is 5.18. The third-order valence-corrected chi connectivity index (χ3v) is 2.29. The van der Waals surface area contributed by atoms with Crippen molar-refractivity contribution < 1.29 is 9.15 Å². The Kier molecular flexibility index (Phi) is 6.57. The van der Waals surface area contributed by atoms with Crippen LogP contribution in [0.15, 0.2) is 4.42 Å². The van der Waals surface area contributed by atoms with Gasteiger partial charge in [0.25, 0.3) is 0 Å². The Morgan fingerprint density at radius 3 is 2.94 bits per heavy atom. The average Bonchev–Trinajstić information content (AvgIpc) is 2.74. The highest BCUT2D eigenvalue weighted by Gasteiger charge is 2.08. The maximum Gasteiger partial charge on any atom is 0.315 e. The van der Waals surface area contributed by atoms with Crippen LogP contribution >= 0.6 is 0 Å². The van der Waals surface area contributed by atoms with E-state index in [1.807, 2.05) is 0 Å². The lowest BCUT2D eigenvalue weighted by Gasteiger charge is -2.10. The normalized spacial score (nSPS) is 12.6. The van der Waals surface area contributed by atoms with E-state index in [0.717, 1.165) is 19.4 Å². The van der Waals surface area contributed by atoms with Crippen molar-refractivity contribution in [3.05, 3.63) is 5.89 Å². The summed E-state index contributed by atoms with van der Waals surface area (Å²) in [6.07, 6.45) is 2.00. The molecule has 0 saturated heterocycles. The van der Waals surface area contributed by atoms with Crippen LogP contribution in [0.3, 0.4) is 0 Å². The topological polar surface area (TPSA) is 72.2 Å². The first-order valence-electron chi connectivity index (χ1n) is 6.04. The predicted octanol–water partition coefficient (Wildman–Crippen LogP) is 1.41. The van der Waals surface area contributed by atoms with Gasteiger partial charge >= 0.3 is 6.01 Å². The Bertz CT molecular complexity index is 303. The summed E-state index contributed by atoms with van der Waals surface area (Å²) in [4.78, 5) is 0. The van der Waals surface area contributed by atoms with Crippen LogP contribution in [0, 0.1) is 0 Å². The molecule has 1 rings (SSSR count). The van der Waals surface area contributed by atoms with Gasteiger partial charge in [-0.05, 0) is 26.3 Å². The molecule has 1 heterocycles. The van der Waals surface area contributed by atoms with Gasteiger partial charge in [0, 0.05) is 19.8 Å². The quantitative estimate of drug-likeness (QED) is 0.638. The van der Waals surface area contributed by atoms with Crippen molar-refractivity contribution in [2.75, 3.05) is 25.6 Å². The highest BCUT2D eigenvalue weighted by Crippen LogP contribution is 2.08. The lowest BCUT2D eigenvalue weighted by atomic mass is 10.2. The van der Waals surface area contributed by atoms with Crippen LogP contribution in [0.4, 0.5) is 6.01 Å². The van der Waals surface area contributed by atoms with Gasteiger partial charge in [-0.25, -0.2) is 0 Å². The molecule has 1 atom stereocenters. The molecule has 17 heavy (non-hydrogen) atoms. The van der Waals surface area contributed by atoms with Crippen LogP contribution in [-0.2, 0) is 11.3 Å². The summed E-state index contributed by atoms with van der Waals surface area (Å²) < 4.78 is 10.4. The first kappa shape index (κ1) is 13.9. The number of nitrogens with one attached hydrogen (secondary N) is 2. The lowest BCUT2D eigenvalue weighted by molar-refractivity contribution is 0.191. The third kappa shape index (κ3) is 5.65. The Labute approximate surface area is 102 Å². The largest absolute Gasteiger partial charge is 0.407 e. The van der Waals surface area contributed by atoms with E-state index in [1.165, 1.54) is 0 Å². The molecule has 2 N–H and O–H groups in total. The van der Waals surface area contributed by atoms with Gasteiger partial charge in [0.1, 0.15) is 0 Å². The molecule has 1 aromatic heterocycles. The zero-order chi connectivity index (χ0) is 12.5. The summed E-state index contributed by atoms with van der Waals surface area (Å²) in [7, 11) is 1.69. The van der Waals surface area contributed by atoms with E-state index in [2.05, 4.69) is 34.7 Å². The molecule has 1 aromatic rings. The monoisotopic (exact) mass is 242 g/mol. The summed E-state index contributed by atoms with van der Waals surface area (Å²) in [6.45, 7) is 6.46. The SMILES string of the molecule is CCCNCc1nnc(NC(C)CCOC)o1. The second-order valence-electron chi connectivity index (χ2n) is 4.00. The van der Waals surface area contributed by atoms with Crippen molar-refractivity contribution in [2.45, 2.75) is 39.3 Å². The van der Waals surface area contributed by atoms with Crippen molar-refractivity contribution in [3.63, 3.8) is 0 Å². The van der Waals surface area contributed by atoms with E-state index in [1.54, 1.807) is 7.11 Å². The van der Waals surface area contributed by atoms with Crippen LogP contribution in [0.25, 0.3) is 0 Å². The van der Waals surface area contributed by atoms with Gasteiger partial charge in [-0.1, -0.05) is 12.0 Å². The molecular formula is C11H22N4O2. The van der Waals surface area contributed by atoms with Crippen LogP contribution in [0.5, 0.6) is 0 Å². The molecule has 0 aliphatic rings. The Balaban J connectivity index is 2.29. The van der Waals surface area contributed by atoms with E-state index < -0.39 is 0 Å². The fraction of sp³-hybridized carbons (Fsp3) is 0.818. The molecule has 6 nitrogen and oxygen atoms in total. The van der Waals surface area contributed by atoms with Gasteiger partial charge in [-0.15, -0.1) is 5.10 Å². The average molecular weight is 242 g/mol. The van der Waals surface area contributed by atoms with Crippen molar-refractivity contribution in [3.8, 4) is 0 Å². The second kappa shape index (κ2) is 8.03. The molecule has 1 unspecified atom stereocenters. The molecule has 0 aliphatic carbocycles. The minimum absolute atomic E-state index is 0.256. The number of hydrogen-bond acceptors (Lipinski definition) is 6. The fourth-order valence-electron chi connectivity index (χ4n) is 1.33. The molecular weight excluding hydrogens is 220 g/mol. The standard InChI is InChI=1S/C11H22N4O2/c1-4-6-12-8-10-14-15-11(17-10)13-9(2)5-7-16-3/h9,12H,4-8H2,1-3H3,(H,13,15). The van der Waals surface area contributed by atoms with Gasteiger partial charge in [0.2, 0.25) is 5.89 Å². The molecule has 6 heteroatoms. The fourth-order valence-corrected chi connectivity index (χ4v) is 1.33. The zero-order valence-electron chi connectivity index (χ0n) is 10.8. The Hall–Kier alpha value is -1.14. The van der Waals surface area contributed by atoms with E-state index in [0.29, 0.717) is 25.1 Å². The number of nitrogens with zero attached hydrogens (tertiary/aromatic N) is 2. The van der Waals surface area contributed by atoms with Crippen LogP contribution in [0.1, 0.15) is 32.6 Å². The molecule has 98 valence electrons. The molecule has 0 bridgehead atoms. The lowest BCUT2D eigenvalue weighted by Crippen LogP contribution is -2.17. The number of hydrogen-bond donors (Lipinski definition) is 2. The molecule has 0 aliphatic heterocycles. The Morgan fingerprint density at radius 1 is 1.41 bits per heavy atom. The maximum absolute atomic E-state index is 5.44. The van der Waals surface area contributed by atoms with Crippen LogP contribution in [0.2, 0.25) is 0 Å². The number of methoxy groups -OCH3 is 1. The number of ether oxygens (including phenoxy) is 1. The maximum atomic E-state index is 5.44. The van der Waals surface area contributed by atoms with Gasteiger partial charge in [-0.2, -0.15) is 0 Å². The number of anilines is 1. The summed E-state index contributed by atoms with van der Waals surface area (Å²) in [5.41, 5.74) is 0. The molecule has 0 amide bonds. The van der Waals surface area contributed by atoms with E-state index >= 15 is 0 Å². The van der Waals surface area contributed by atoms with Crippen molar-refractivity contribution in [2.24, 2.45) is 0 Å². The van der Waals surface area contributed by atoms with E-state index in [-0.39, 0.29) is 6.04 Å². The van der Waals surface area contributed by atoms with Crippen LogP contribution < -0.4 is 10.6 Å². The van der Waals surface area contributed by atoms with Gasteiger partial charge in [0.15, 0.2) is 0 Å². The molecule has 0 radical (unpaired) electrons. The van der Waals surface area contributed by atoms with Crippen molar-refractivity contribution in [1.82, 2.24) is 15.5 Å². The minimum atomic E-state index is 0.256. The number of aromatic nitrogens is 2. The van der Waals surface area contributed by atoms with E-state index in [9.17, 15) is 0 Å². The van der Waals surface area contributed by atoms with E-state index in [4.69, 9.17) is 9.15 Å². The van der Waals surface area contributed by atoms with Gasteiger partial charge in [0.05, 0.1) is 6.54 Å². The summed E-state index contributed by atoms with van der Waals surface area (Å²) >= 11 is 0.